The van der Waals surface area contributed by atoms with Crippen molar-refractivity contribution in [3.8, 4) is 6.07 Å². The number of hydrogen-bond donors (Lipinski definition) is 1. The van der Waals surface area contributed by atoms with Crippen LogP contribution >= 0.6 is 11.3 Å². The predicted molar refractivity (Wildman–Crippen MR) is 132 cm³/mol. The standard InChI is InChI=1S/C25H28N6O3S/c1-16(19-5-4-7-27-13-19)11-23(32)29-24-21(12-26)20-6-8-31(15-22(20)35-24)25(33)34-10-9-30-14-17(2)28-18(30)3/h4-5,7,13-14,16H,6,8-11,15H2,1-3H3,(H,29,32). The van der Waals surface area contributed by atoms with Crippen molar-refractivity contribution in [1.82, 2.24) is 19.4 Å². The highest BCUT2D eigenvalue weighted by atomic mass is 32.1. The monoisotopic (exact) mass is 492 g/mol. The van der Waals surface area contributed by atoms with Crippen LogP contribution < -0.4 is 5.32 Å². The molecule has 0 aromatic carbocycles. The fraction of sp³-hybridized carbons (Fsp3) is 0.400. The molecule has 9 nitrogen and oxygen atoms in total. The van der Waals surface area contributed by atoms with E-state index in [9.17, 15) is 14.9 Å². The van der Waals surface area contributed by atoms with Crippen molar-refractivity contribution in [1.29, 1.82) is 5.26 Å². The number of aromatic nitrogens is 3. The van der Waals surface area contributed by atoms with Crippen LogP contribution in [0.3, 0.4) is 0 Å². The average Bonchev–Trinajstić information content (AvgIpc) is 3.36. The van der Waals surface area contributed by atoms with Crippen LogP contribution in [-0.4, -0.2) is 44.6 Å². The van der Waals surface area contributed by atoms with Gasteiger partial charge in [0.2, 0.25) is 5.91 Å². The minimum atomic E-state index is -0.382. The van der Waals surface area contributed by atoms with Crippen LogP contribution in [0.2, 0.25) is 0 Å². The molecule has 4 rings (SSSR count). The Morgan fingerprint density at radius 3 is 2.89 bits per heavy atom. The number of hydrogen-bond acceptors (Lipinski definition) is 7. The van der Waals surface area contributed by atoms with E-state index in [4.69, 9.17) is 4.74 Å². The number of ether oxygens (including phenoxy) is 1. The molecule has 182 valence electrons. The van der Waals surface area contributed by atoms with Gasteiger partial charge < -0.3 is 19.5 Å². The average molecular weight is 493 g/mol. The summed E-state index contributed by atoms with van der Waals surface area (Å²) < 4.78 is 7.44. The highest BCUT2D eigenvalue weighted by Crippen LogP contribution is 2.37. The molecule has 1 atom stereocenters. The van der Waals surface area contributed by atoms with E-state index in [1.54, 1.807) is 17.3 Å². The zero-order valence-corrected chi connectivity index (χ0v) is 20.9. The summed E-state index contributed by atoms with van der Waals surface area (Å²) in [6, 6.07) is 6.03. The maximum atomic E-state index is 12.7. The predicted octanol–water partition coefficient (Wildman–Crippen LogP) is 4.16. The number of nitrogens with one attached hydrogen (secondary N) is 1. The Balaban J connectivity index is 1.35. The lowest BCUT2D eigenvalue weighted by Gasteiger charge is -2.26. The van der Waals surface area contributed by atoms with E-state index in [-0.39, 0.29) is 30.9 Å². The summed E-state index contributed by atoms with van der Waals surface area (Å²) >= 11 is 1.36. The van der Waals surface area contributed by atoms with E-state index >= 15 is 0 Å². The molecule has 35 heavy (non-hydrogen) atoms. The van der Waals surface area contributed by atoms with Gasteiger partial charge in [-0.2, -0.15) is 5.26 Å². The normalized spacial score (nSPS) is 13.6. The summed E-state index contributed by atoms with van der Waals surface area (Å²) in [5.74, 6) is 0.732. The first-order valence-electron chi connectivity index (χ1n) is 11.5. The number of carbonyl (C=O) groups is 2. The highest BCUT2D eigenvalue weighted by Gasteiger charge is 2.28. The third-order valence-corrected chi connectivity index (χ3v) is 7.21. The zero-order chi connectivity index (χ0) is 24.9. The van der Waals surface area contributed by atoms with Crippen LogP contribution in [0.4, 0.5) is 9.80 Å². The minimum Gasteiger partial charge on any atom is -0.448 e. The molecule has 1 N–H and O–H groups in total. The van der Waals surface area contributed by atoms with Crippen LogP contribution in [-0.2, 0) is 29.0 Å². The number of amides is 2. The van der Waals surface area contributed by atoms with Crippen molar-refractivity contribution in [2.45, 2.75) is 52.6 Å². The summed E-state index contributed by atoms with van der Waals surface area (Å²) in [4.78, 5) is 36.3. The quantitative estimate of drug-likeness (QED) is 0.530. The maximum absolute atomic E-state index is 12.7. The number of nitrogens with zero attached hydrogens (tertiary/aromatic N) is 5. The first-order chi connectivity index (χ1) is 16.9. The molecule has 0 aliphatic carbocycles. The van der Waals surface area contributed by atoms with Crippen molar-refractivity contribution in [3.05, 3.63) is 63.8 Å². The second kappa shape index (κ2) is 10.7. The van der Waals surface area contributed by atoms with Crippen LogP contribution in [0.15, 0.2) is 30.7 Å². The topological polar surface area (TPSA) is 113 Å². The fourth-order valence-corrected chi connectivity index (χ4v) is 5.45. The van der Waals surface area contributed by atoms with Crippen LogP contribution in [0.1, 0.15) is 52.3 Å². The number of anilines is 1. The van der Waals surface area contributed by atoms with Gasteiger partial charge in [-0.15, -0.1) is 11.3 Å². The Kier molecular flexibility index (Phi) is 7.46. The van der Waals surface area contributed by atoms with Crippen LogP contribution in [0.5, 0.6) is 0 Å². The molecule has 4 heterocycles. The lowest BCUT2D eigenvalue weighted by Crippen LogP contribution is -2.36. The Labute approximate surface area is 208 Å². The van der Waals surface area contributed by atoms with Gasteiger partial charge in [0.15, 0.2) is 0 Å². The van der Waals surface area contributed by atoms with Gasteiger partial charge in [0, 0.05) is 36.4 Å². The molecule has 10 heteroatoms. The van der Waals surface area contributed by atoms with Crippen molar-refractivity contribution < 1.29 is 14.3 Å². The van der Waals surface area contributed by atoms with Gasteiger partial charge in [0.05, 0.1) is 24.3 Å². The molecule has 0 bridgehead atoms. The molecule has 3 aromatic rings. The van der Waals surface area contributed by atoms with Gasteiger partial charge in [-0.05, 0) is 43.4 Å². The molecular weight excluding hydrogens is 464 g/mol. The molecule has 0 fully saturated rings. The molecule has 0 saturated carbocycles. The smallest absolute Gasteiger partial charge is 0.410 e. The summed E-state index contributed by atoms with van der Waals surface area (Å²) in [5.41, 5.74) is 3.31. The Morgan fingerprint density at radius 2 is 2.20 bits per heavy atom. The van der Waals surface area contributed by atoms with Crippen LogP contribution in [0.25, 0.3) is 0 Å². The second-order valence-corrected chi connectivity index (χ2v) is 9.77. The number of thiophene rings is 1. The number of nitriles is 1. The number of pyridine rings is 1. The largest absolute Gasteiger partial charge is 0.448 e. The first kappa shape index (κ1) is 24.4. The van der Waals surface area contributed by atoms with Crippen molar-refractivity contribution in [2.24, 2.45) is 0 Å². The molecule has 0 saturated heterocycles. The van der Waals surface area contributed by atoms with E-state index in [0.717, 1.165) is 27.5 Å². The van der Waals surface area contributed by atoms with Crippen molar-refractivity contribution >= 4 is 28.3 Å². The van der Waals surface area contributed by atoms with Crippen molar-refractivity contribution in [3.63, 3.8) is 0 Å². The lowest BCUT2D eigenvalue weighted by atomic mass is 9.99. The van der Waals surface area contributed by atoms with Gasteiger partial charge in [-0.25, -0.2) is 9.78 Å². The Bertz CT molecular complexity index is 1260. The molecule has 1 unspecified atom stereocenters. The van der Waals surface area contributed by atoms with E-state index in [1.807, 2.05) is 43.7 Å². The van der Waals surface area contributed by atoms with E-state index in [2.05, 4.69) is 21.4 Å². The zero-order valence-electron chi connectivity index (χ0n) is 20.1. The molecule has 1 aliphatic heterocycles. The SMILES string of the molecule is Cc1cn(CCOC(=O)N2CCc3c(sc(NC(=O)CC(C)c4cccnc4)c3C#N)C2)c(C)n1. The number of carbonyl (C=O) groups excluding carboxylic acids is 2. The fourth-order valence-electron chi connectivity index (χ4n) is 4.22. The van der Waals surface area contributed by atoms with Gasteiger partial charge in [0.25, 0.3) is 0 Å². The van der Waals surface area contributed by atoms with Gasteiger partial charge in [0.1, 0.15) is 23.5 Å². The Morgan fingerprint density at radius 1 is 1.37 bits per heavy atom. The molecular formula is C25H28N6O3S. The summed E-state index contributed by atoms with van der Waals surface area (Å²) in [6.07, 6.45) is 5.84. The van der Waals surface area contributed by atoms with Gasteiger partial charge >= 0.3 is 6.09 Å². The molecule has 2 amide bonds. The second-order valence-electron chi connectivity index (χ2n) is 8.67. The first-order valence-corrected chi connectivity index (χ1v) is 12.3. The maximum Gasteiger partial charge on any atom is 0.410 e. The summed E-state index contributed by atoms with van der Waals surface area (Å²) in [5, 5.41) is 13.2. The number of imidazole rings is 1. The Hall–Kier alpha value is -3.71. The molecule has 0 radical (unpaired) electrons. The third-order valence-electron chi connectivity index (χ3n) is 6.08. The van der Waals surface area contributed by atoms with E-state index in [1.165, 1.54) is 11.3 Å². The number of fused-ring (bicyclic) bond motifs is 1. The van der Waals surface area contributed by atoms with Gasteiger partial charge in [-0.1, -0.05) is 13.0 Å². The number of rotatable bonds is 7. The van der Waals surface area contributed by atoms with Crippen molar-refractivity contribution in [2.75, 3.05) is 18.5 Å². The van der Waals surface area contributed by atoms with Gasteiger partial charge in [-0.3, -0.25) is 9.78 Å². The lowest BCUT2D eigenvalue weighted by molar-refractivity contribution is -0.116. The highest BCUT2D eigenvalue weighted by molar-refractivity contribution is 7.16. The van der Waals surface area contributed by atoms with E-state index < -0.39 is 0 Å². The summed E-state index contributed by atoms with van der Waals surface area (Å²) in [7, 11) is 0. The molecule has 0 spiro atoms. The molecule has 1 aliphatic rings. The third kappa shape index (κ3) is 5.69. The summed E-state index contributed by atoms with van der Waals surface area (Å²) in [6.45, 7) is 7.44. The molecule has 3 aromatic heterocycles. The van der Waals surface area contributed by atoms with E-state index in [0.29, 0.717) is 36.6 Å². The number of aryl methyl sites for hydroxylation is 2. The van der Waals surface area contributed by atoms with Crippen LogP contribution in [0, 0.1) is 25.2 Å². The minimum absolute atomic E-state index is 0.00380.